The summed E-state index contributed by atoms with van der Waals surface area (Å²) in [6.45, 7) is 3.77. The molecule has 0 saturated heterocycles. The molecule has 0 aliphatic rings. The molecule has 1 rings (SSSR count). The predicted octanol–water partition coefficient (Wildman–Crippen LogP) is 2.47. The maximum absolute atomic E-state index is 11.2. The van der Waals surface area contributed by atoms with E-state index in [1.54, 1.807) is 14.0 Å². The monoisotopic (exact) mass is 441 g/mol. The number of para-hydroxylation sites is 1. The molecule has 0 heterocycles. The van der Waals surface area contributed by atoms with E-state index in [0.29, 0.717) is 0 Å². The van der Waals surface area contributed by atoms with Gasteiger partial charge >= 0.3 is 0 Å². The van der Waals surface area contributed by atoms with E-state index in [2.05, 4.69) is 18.3 Å². The summed E-state index contributed by atoms with van der Waals surface area (Å²) in [7, 11) is 1.64. The van der Waals surface area contributed by atoms with Gasteiger partial charge < -0.3 is 21.1 Å². The van der Waals surface area contributed by atoms with Crippen LogP contribution in [0.1, 0.15) is 19.4 Å². The molecular formula is C13H16N2OVYb-2. The zero-order chi connectivity index (χ0) is 12.0. The summed E-state index contributed by atoms with van der Waals surface area (Å²) in [5.41, 5.74) is 2.01. The third-order valence-electron chi connectivity index (χ3n) is 2.27. The molecule has 0 atom stereocenters. The Kier molecular flexibility index (Phi) is 12.8. The largest absolute Gasteiger partial charge is 0.438 e. The minimum absolute atomic E-state index is 0. The minimum Gasteiger partial charge on any atom is -0.438 e. The van der Waals surface area contributed by atoms with Crippen LogP contribution in [0.2, 0.25) is 0 Å². The van der Waals surface area contributed by atoms with E-state index in [4.69, 9.17) is 0 Å². The molecule has 0 aliphatic carbocycles. The van der Waals surface area contributed by atoms with Gasteiger partial charge in [0.15, 0.2) is 0 Å². The van der Waals surface area contributed by atoms with Gasteiger partial charge in [-0.15, -0.1) is 0 Å². The Morgan fingerprint density at radius 2 is 2.06 bits per heavy atom. The van der Waals surface area contributed by atoms with E-state index in [9.17, 15) is 4.79 Å². The van der Waals surface area contributed by atoms with Gasteiger partial charge in [0, 0.05) is 71.8 Å². The number of aryl methyl sites for hydroxylation is 1. The minimum atomic E-state index is -0.113. The molecule has 0 saturated carbocycles. The number of nitrogens with zero attached hydrogens (tertiary/aromatic N) is 2. The van der Waals surface area contributed by atoms with Crippen LogP contribution in [0.25, 0.3) is 0 Å². The first kappa shape index (κ1) is 20.6. The van der Waals surface area contributed by atoms with Crippen molar-refractivity contribution in [1.29, 1.82) is 0 Å². The van der Waals surface area contributed by atoms with Crippen molar-refractivity contribution in [2.24, 2.45) is 4.99 Å². The van der Waals surface area contributed by atoms with Crippen LogP contribution >= 0.6 is 0 Å². The number of carbonyl (C=O) groups excluding carboxylic acids is 1. The van der Waals surface area contributed by atoms with Gasteiger partial charge in [0.2, 0.25) is 0 Å². The molecule has 105 valence electrons. The summed E-state index contributed by atoms with van der Waals surface area (Å²) in [6.07, 6.45) is 5.10. The fourth-order valence-corrected chi connectivity index (χ4v) is 1.29. The first-order valence-electron chi connectivity index (χ1n) is 5.30. The zero-order valence-electron chi connectivity index (χ0n) is 10.6. The van der Waals surface area contributed by atoms with Crippen molar-refractivity contribution in [3.05, 3.63) is 36.2 Å². The summed E-state index contributed by atoms with van der Waals surface area (Å²) >= 11 is 0. The molecule has 1 aromatic rings. The van der Waals surface area contributed by atoms with E-state index < -0.39 is 0 Å². The second kappa shape index (κ2) is 11.2. The molecule has 0 N–H and O–H groups in total. The standard InChI is InChI=1S/C13H16N2O.V.Yb/c1-4-11-8-6-7-9-12(11)14-10-15(3)13(16)5-2;;/h5-9H,4H2,1-3H3;;/q-2;;. The van der Waals surface area contributed by atoms with Crippen LogP contribution in [0.5, 0.6) is 0 Å². The third-order valence-corrected chi connectivity index (χ3v) is 2.27. The molecule has 0 bridgehead atoms. The predicted molar refractivity (Wildman–Crippen MR) is 65.7 cm³/mol. The third kappa shape index (κ3) is 6.49. The molecule has 5 heteroatoms. The summed E-state index contributed by atoms with van der Waals surface area (Å²) in [4.78, 5) is 16.8. The number of amides is 1. The van der Waals surface area contributed by atoms with E-state index >= 15 is 0 Å². The first-order chi connectivity index (χ1) is 7.69. The maximum Gasteiger partial charge on any atom is 0.00335 e. The van der Waals surface area contributed by atoms with Crippen molar-refractivity contribution in [2.75, 3.05) is 7.05 Å². The second-order valence-corrected chi connectivity index (χ2v) is 3.38. The quantitative estimate of drug-likeness (QED) is 0.307. The molecule has 3 nitrogen and oxygen atoms in total. The Bertz CT molecular complexity index is 396. The van der Waals surface area contributed by atoms with Gasteiger partial charge in [-0.3, -0.25) is 0 Å². The smallest absolute Gasteiger partial charge is 0.00335 e. The van der Waals surface area contributed by atoms with Crippen LogP contribution in [0.4, 0.5) is 5.69 Å². The first-order valence-corrected chi connectivity index (χ1v) is 5.30. The van der Waals surface area contributed by atoms with Crippen LogP contribution in [0.3, 0.4) is 0 Å². The average molecular weight is 440 g/mol. The van der Waals surface area contributed by atoms with Gasteiger partial charge in [0.05, 0.1) is 0 Å². The second-order valence-electron chi connectivity index (χ2n) is 3.38. The molecule has 0 unspecified atom stereocenters. The fraction of sp³-hybridized carbons (Fsp3) is 0.308. The van der Waals surface area contributed by atoms with E-state index in [1.165, 1.54) is 11.3 Å². The molecule has 0 aromatic heterocycles. The van der Waals surface area contributed by atoms with Crippen molar-refractivity contribution in [3.8, 4) is 0 Å². The average Bonchev–Trinajstić information content (AvgIpc) is 2.35. The maximum atomic E-state index is 11.2. The molecule has 1 radical (unpaired) electrons. The van der Waals surface area contributed by atoms with Crippen molar-refractivity contribution < 1.29 is 70.3 Å². The molecule has 0 fully saturated rings. The zero-order valence-corrected chi connectivity index (χ0v) is 13.7. The van der Waals surface area contributed by atoms with Crippen LogP contribution < -0.4 is 0 Å². The molecular weight excluding hydrogens is 424 g/mol. The van der Waals surface area contributed by atoms with Crippen LogP contribution in [0, 0.1) is 53.3 Å². The van der Waals surface area contributed by atoms with Gasteiger partial charge in [0.1, 0.15) is 0 Å². The number of carbonyl (C=O) groups is 1. The van der Waals surface area contributed by atoms with Crippen molar-refractivity contribution in [2.45, 2.75) is 20.3 Å². The number of benzene rings is 1. The molecule has 0 spiro atoms. The number of hydrogen-bond donors (Lipinski definition) is 0. The van der Waals surface area contributed by atoms with Crippen molar-refractivity contribution >= 4 is 17.9 Å². The van der Waals surface area contributed by atoms with Crippen molar-refractivity contribution in [1.82, 2.24) is 4.90 Å². The summed E-state index contributed by atoms with van der Waals surface area (Å²) in [5, 5.41) is 0. The van der Waals surface area contributed by atoms with Crippen molar-refractivity contribution in [3.63, 3.8) is 0 Å². The van der Waals surface area contributed by atoms with Gasteiger partial charge in [-0.1, -0.05) is 36.8 Å². The Hall–Kier alpha value is 0.334. The van der Waals surface area contributed by atoms with E-state index in [1.807, 2.05) is 24.3 Å². The van der Waals surface area contributed by atoms with E-state index in [-0.39, 0.29) is 71.4 Å². The molecule has 0 aliphatic heterocycles. The molecule has 1 aromatic carbocycles. The Labute approximate surface area is 160 Å². The number of aliphatic imine (C=N–C) groups is 1. The summed E-state index contributed by atoms with van der Waals surface area (Å²) in [6, 6.07) is 7.84. The van der Waals surface area contributed by atoms with Gasteiger partial charge in [-0.25, -0.2) is 0 Å². The number of hydrogen-bond acceptors (Lipinski definition) is 2. The fourth-order valence-electron chi connectivity index (χ4n) is 1.29. The van der Waals surface area contributed by atoms with Gasteiger partial charge in [0.25, 0.3) is 0 Å². The van der Waals surface area contributed by atoms with Gasteiger partial charge in [-0.2, -0.15) is 6.92 Å². The molecule has 1 amide bonds. The normalized spacial score (nSPS) is 9.28. The SMILES string of the molecule is C[CH-]C(=O)N(C)[C-]=Nc1ccccc1CC.[V].[Yb]. The Morgan fingerprint density at radius 1 is 1.44 bits per heavy atom. The van der Waals surface area contributed by atoms with Crippen LogP contribution in [-0.4, -0.2) is 24.2 Å². The number of rotatable bonds is 4. The van der Waals surface area contributed by atoms with E-state index in [0.717, 1.165) is 17.7 Å². The summed E-state index contributed by atoms with van der Waals surface area (Å²) in [5.74, 6) is -0.113. The Balaban J connectivity index is 0. The Morgan fingerprint density at radius 3 is 2.61 bits per heavy atom. The molecule has 18 heavy (non-hydrogen) atoms. The summed E-state index contributed by atoms with van der Waals surface area (Å²) < 4.78 is 0. The van der Waals surface area contributed by atoms with Gasteiger partial charge in [-0.05, 0) is 25.1 Å². The van der Waals surface area contributed by atoms with Crippen LogP contribution in [0.15, 0.2) is 29.3 Å². The van der Waals surface area contributed by atoms with Crippen LogP contribution in [-0.2, 0) is 29.8 Å². The topological polar surface area (TPSA) is 32.7 Å².